The van der Waals surface area contributed by atoms with Gasteiger partial charge in [0.25, 0.3) is 0 Å². The SMILES string of the molecule is CC1CC[C@H](C)N(Cc2ccc(-c3cccc(S(C)(=O)=O)c3)cc2F)S1(=O)=O. The van der Waals surface area contributed by atoms with Crippen molar-refractivity contribution in [3.05, 3.63) is 53.8 Å². The second-order valence-corrected chi connectivity index (χ2v) is 11.8. The number of nitrogens with zero attached hydrogens (tertiary/aromatic N) is 1. The fraction of sp³-hybridized carbons (Fsp3) is 0.400. The zero-order valence-corrected chi connectivity index (χ0v) is 17.7. The van der Waals surface area contributed by atoms with Crippen molar-refractivity contribution in [3.63, 3.8) is 0 Å². The molecule has 0 amide bonds. The van der Waals surface area contributed by atoms with Crippen LogP contribution in [0.1, 0.15) is 32.3 Å². The predicted molar refractivity (Wildman–Crippen MR) is 108 cm³/mol. The summed E-state index contributed by atoms with van der Waals surface area (Å²) >= 11 is 0. The topological polar surface area (TPSA) is 71.5 Å². The van der Waals surface area contributed by atoms with E-state index in [2.05, 4.69) is 0 Å². The van der Waals surface area contributed by atoms with E-state index >= 15 is 0 Å². The summed E-state index contributed by atoms with van der Waals surface area (Å²) in [5, 5.41) is -0.468. The Labute approximate surface area is 166 Å². The summed E-state index contributed by atoms with van der Waals surface area (Å²) in [6, 6.07) is 10.7. The lowest BCUT2D eigenvalue weighted by molar-refractivity contribution is 0.281. The van der Waals surface area contributed by atoms with Crippen LogP contribution in [0.2, 0.25) is 0 Å². The molecule has 0 N–H and O–H groups in total. The minimum atomic E-state index is -3.45. The van der Waals surface area contributed by atoms with Gasteiger partial charge in [0.15, 0.2) is 9.84 Å². The quantitative estimate of drug-likeness (QED) is 0.750. The molecule has 3 rings (SSSR count). The van der Waals surface area contributed by atoms with Gasteiger partial charge in [-0.05, 0) is 56.0 Å². The Morgan fingerprint density at radius 2 is 1.75 bits per heavy atom. The van der Waals surface area contributed by atoms with Crippen LogP contribution in [0.25, 0.3) is 11.1 Å². The average Bonchev–Trinajstić information content (AvgIpc) is 2.63. The van der Waals surface area contributed by atoms with E-state index in [1.807, 2.05) is 6.92 Å². The van der Waals surface area contributed by atoms with Gasteiger partial charge in [-0.15, -0.1) is 0 Å². The minimum Gasteiger partial charge on any atom is -0.224 e. The van der Waals surface area contributed by atoms with E-state index in [4.69, 9.17) is 0 Å². The maximum Gasteiger partial charge on any atom is 0.217 e. The van der Waals surface area contributed by atoms with Crippen LogP contribution >= 0.6 is 0 Å². The largest absolute Gasteiger partial charge is 0.224 e. The lowest BCUT2D eigenvalue weighted by atomic mass is 10.0. The predicted octanol–water partition coefficient (Wildman–Crippen LogP) is 3.60. The molecular weight excluding hydrogens is 401 g/mol. The first-order chi connectivity index (χ1) is 13.0. The second-order valence-electron chi connectivity index (χ2n) is 7.43. The Morgan fingerprint density at radius 1 is 1.07 bits per heavy atom. The summed E-state index contributed by atoms with van der Waals surface area (Å²) in [5.41, 5.74) is 1.42. The fourth-order valence-corrected chi connectivity index (χ4v) is 5.91. The molecule has 1 heterocycles. The molecule has 28 heavy (non-hydrogen) atoms. The van der Waals surface area contributed by atoms with Crippen LogP contribution in [0.5, 0.6) is 0 Å². The molecule has 0 aromatic heterocycles. The molecule has 1 fully saturated rings. The monoisotopic (exact) mass is 425 g/mol. The first kappa shape index (κ1) is 21.0. The van der Waals surface area contributed by atoms with Crippen LogP contribution in [0.15, 0.2) is 47.4 Å². The molecule has 0 spiro atoms. The summed E-state index contributed by atoms with van der Waals surface area (Å²) in [6.45, 7) is 3.51. The van der Waals surface area contributed by atoms with Crippen LogP contribution in [0, 0.1) is 5.82 Å². The van der Waals surface area contributed by atoms with Gasteiger partial charge in [-0.2, -0.15) is 4.31 Å². The number of hydrogen-bond donors (Lipinski definition) is 0. The molecule has 1 aliphatic rings. The summed E-state index contributed by atoms with van der Waals surface area (Å²) in [4.78, 5) is 0.164. The van der Waals surface area contributed by atoms with Crippen LogP contribution in [0.3, 0.4) is 0 Å². The van der Waals surface area contributed by atoms with Crippen LogP contribution < -0.4 is 0 Å². The molecule has 5 nitrogen and oxygen atoms in total. The van der Waals surface area contributed by atoms with Crippen LogP contribution in [-0.4, -0.2) is 38.7 Å². The molecule has 8 heteroatoms. The van der Waals surface area contributed by atoms with Crippen molar-refractivity contribution in [1.82, 2.24) is 4.31 Å². The Kier molecular flexibility index (Phi) is 5.67. The third-order valence-electron chi connectivity index (χ3n) is 5.29. The maximum atomic E-state index is 14.8. The van der Waals surface area contributed by atoms with Crippen molar-refractivity contribution in [2.75, 3.05) is 6.26 Å². The van der Waals surface area contributed by atoms with E-state index < -0.39 is 30.9 Å². The van der Waals surface area contributed by atoms with Gasteiger partial charge in [-0.25, -0.2) is 21.2 Å². The van der Waals surface area contributed by atoms with E-state index in [-0.39, 0.29) is 17.5 Å². The molecule has 1 saturated heterocycles. The number of halogens is 1. The second kappa shape index (κ2) is 7.57. The molecule has 2 aromatic carbocycles. The standard InChI is InChI=1S/C20H24FNO4S2/c1-14-7-8-15(2)28(25,26)22(14)13-18-10-9-17(12-20(18)21)16-5-4-6-19(11-16)27(3,23)24/h4-6,9-12,14-15H,7-8,13H2,1-3H3/t14-,15?/m0/s1. The molecule has 0 aliphatic carbocycles. The molecule has 0 radical (unpaired) electrons. The molecule has 0 saturated carbocycles. The van der Waals surface area contributed by atoms with Gasteiger partial charge in [-0.3, -0.25) is 0 Å². The summed E-state index contributed by atoms with van der Waals surface area (Å²) in [7, 11) is -6.81. The van der Waals surface area contributed by atoms with Gasteiger partial charge < -0.3 is 0 Å². The fourth-order valence-electron chi connectivity index (χ4n) is 3.43. The van der Waals surface area contributed by atoms with Gasteiger partial charge in [-0.1, -0.05) is 24.3 Å². The van der Waals surface area contributed by atoms with E-state index in [9.17, 15) is 21.2 Å². The minimum absolute atomic E-state index is 0.0106. The van der Waals surface area contributed by atoms with E-state index in [0.29, 0.717) is 23.1 Å². The zero-order chi connectivity index (χ0) is 20.7. The number of benzene rings is 2. The van der Waals surface area contributed by atoms with E-state index in [0.717, 1.165) is 12.7 Å². The van der Waals surface area contributed by atoms with Gasteiger partial charge in [0.2, 0.25) is 10.0 Å². The smallest absolute Gasteiger partial charge is 0.217 e. The van der Waals surface area contributed by atoms with Gasteiger partial charge in [0.05, 0.1) is 10.1 Å². The van der Waals surface area contributed by atoms with Crippen molar-refractivity contribution in [3.8, 4) is 11.1 Å². The van der Waals surface area contributed by atoms with Crippen molar-refractivity contribution in [1.29, 1.82) is 0 Å². The first-order valence-corrected chi connectivity index (χ1v) is 12.5. The molecule has 1 aliphatic heterocycles. The van der Waals surface area contributed by atoms with E-state index in [1.54, 1.807) is 31.2 Å². The molecule has 0 bridgehead atoms. The van der Waals surface area contributed by atoms with Crippen molar-refractivity contribution in [2.24, 2.45) is 0 Å². The Bertz CT molecular complexity index is 1100. The normalized spacial score (nSPS) is 22.9. The third-order valence-corrected chi connectivity index (χ3v) is 8.80. The van der Waals surface area contributed by atoms with Gasteiger partial charge in [0.1, 0.15) is 5.82 Å². The summed E-state index contributed by atoms with van der Waals surface area (Å²) < 4.78 is 64.8. The van der Waals surface area contributed by atoms with Gasteiger partial charge >= 0.3 is 0 Å². The molecule has 2 atom stereocenters. The average molecular weight is 426 g/mol. The third kappa shape index (κ3) is 4.14. The summed E-state index contributed by atoms with van der Waals surface area (Å²) in [6.07, 6.45) is 2.48. The van der Waals surface area contributed by atoms with E-state index in [1.165, 1.54) is 22.5 Å². The summed E-state index contributed by atoms with van der Waals surface area (Å²) in [5.74, 6) is -0.511. The van der Waals surface area contributed by atoms with Crippen molar-refractivity contribution in [2.45, 2.75) is 49.4 Å². The number of rotatable bonds is 4. The highest BCUT2D eigenvalue weighted by molar-refractivity contribution is 7.90. The molecular formula is C20H24FNO4S2. The highest BCUT2D eigenvalue weighted by Gasteiger charge is 2.37. The zero-order valence-electron chi connectivity index (χ0n) is 16.1. The number of sulfone groups is 1. The number of hydrogen-bond acceptors (Lipinski definition) is 4. The Morgan fingerprint density at radius 3 is 2.39 bits per heavy atom. The van der Waals surface area contributed by atoms with Crippen LogP contribution in [-0.2, 0) is 26.4 Å². The van der Waals surface area contributed by atoms with Crippen molar-refractivity contribution < 1.29 is 21.2 Å². The molecule has 152 valence electrons. The Hall–Kier alpha value is -1.77. The maximum absolute atomic E-state index is 14.8. The van der Waals surface area contributed by atoms with Crippen LogP contribution in [0.4, 0.5) is 4.39 Å². The lowest BCUT2D eigenvalue weighted by Crippen LogP contribution is -2.47. The highest BCUT2D eigenvalue weighted by Crippen LogP contribution is 2.30. The lowest BCUT2D eigenvalue weighted by Gasteiger charge is -2.36. The number of sulfonamides is 1. The van der Waals surface area contributed by atoms with Gasteiger partial charge in [0, 0.05) is 24.4 Å². The first-order valence-electron chi connectivity index (χ1n) is 9.09. The Balaban J connectivity index is 1.91. The molecule has 1 unspecified atom stereocenters. The highest BCUT2D eigenvalue weighted by atomic mass is 32.2. The molecule has 2 aromatic rings. The van der Waals surface area contributed by atoms with Crippen molar-refractivity contribution >= 4 is 19.9 Å².